The highest BCUT2D eigenvalue weighted by Crippen LogP contribution is 2.33. The van der Waals surface area contributed by atoms with Crippen LogP contribution in [0.2, 0.25) is 0 Å². The number of hydrogen-bond acceptors (Lipinski definition) is 4. The molecule has 0 fully saturated rings. The number of hydrogen-bond donors (Lipinski definition) is 1. The van der Waals surface area contributed by atoms with Crippen molar-refractivity contribution in [3.63, 3.8) is 0 Å². The van der Waals surface area contributed by atoms with Crippen LogP contribution in [0.25, 0.3) is 11.3 Å². The molecule has 1 heterocycles. The quantitative estimate of drug-likeness (QED) is 0.775. The lowest BCUT2D eigenvalue weighted by Crippen LogP contribution is -2.14. The highest BCUT2D eigenvalue weighted by atomic mass is 32.2. The number of rotatable bonds is 5. The Morgan fingerprint density at radius 2 is 1.61 bits per heavy atom. The molecule has 0 aliphatic rings. The van der Waals surface area contributed by atoms with E-state index >= 15 is 0 Å². The van der Waals surface area contributed by atoms with Gasteiger partial charge in [-0.25, -0.2) is 8.42 Å². The van der Waals surface area contributed by atoms with Crippen molar-refractivity contribution in [1.82, 2.24) is 5.16 Å². The average Bonchev–Trinajstić information content (AvgIpc) is 2.98. The van der Waals surface area contributed by atoms with Crippen molar-refractivity contribution in [3.8, 4) is 11.3 Å². The van der Waals surface area contributed by atoms with Crippen LogP contribution >= 0.6 is 0 Å². The first-order valence-corrected chi connectivity index (χ1v) is 8.72. The summed E-state index contributed by atoms with van der Waals surface area (Å²) in [7, 11) is -3.70. The fourth-order valence-electron chi connectivity index (χ4n) is 2.25. The maximum Gasteiger partial charge on any atom is 0.262 e. The second-order valence-electron chi connectivity index (χ2n) is 4.97. The maximum absolute atomic E-state index is 12.6. The lowest BCUT2D eigenvalue weighted by molar-refractivity contribution is 0.424. The highest BCUT2D eigenvalue weighted by Gasteiger charge is 2.22. The van der Waals surface area contributed by atoms with Crippen molar-refractivity contribution in [2.24, 2.45) is 0 Å². The normalized spacial score (nSPS) is 11.3. The zero-order valence-corrected chi connectivity index (χ0v) is 13.4. The van der Waals surface area contributed by atoms with Gasteiger partial charge in [-0.1, -0.05) is 60.6 Å². The summed E-state index contributed by atoms with van der Waals surface area (Å²) in [6, 6.07) is 17.5. The van der Waals surface area contributed by atoms with Gasteiger partial charge in [-0.2, -0.15) is 0 Å². The molecule has 0 saturated carbocycles. The highest BCUT2D eigenvalue weighted by molar-refractivity contribution is 7.92. The van der Waals surface area contributed by atoms with Gasteiger partial charge in [-0.15, -0.1) is 0 Å². The van der Waals surface area contributed by atoms with Gasteiger partial charge in [0.2, 0.25) is 0 Å². The molecule has 0 aliphatic carbocycles. The van der Waals surface area contributed by atoms with E-state index in [2.05, 4.69) is 9.88 Å². The topological polar surface area (TPSA) is 72.2 Å². The largest absolute Gasteiger partial charge is 0.354 e. The number of anilines is 1. The Balaban J connectivity index is 2.05. The molecule has 1 N–H and O–H groups in total. The molecule has 0 bridgehead atoms. The predicted octanol–water partition coefficient (Wildman–Crippen LogP) is 3.70. The average molecular weight is 328 g/mol. The van der Waals surface area contributed by atoms with Crippen LogP contribution in [0.4, 0.5) is 5.69 Å². The molecule has 0 radical (unpaired) electrons. The fraction of sp³-hybridized carbons (Fsp3) is 0.118. The molecule has 0 spiro atoms. The summed E-state index contributed by atoms with van der Waals surface area (Å²) in [5.74, 6) is 0.418. The van der Waals surface area contributed by atoms with E-state index in [1.54, 1.807) is 30.3 Å². The molecule has 3 rings (SSSR count). The Kier molecular flexibility index (Phi) is 4.16. The SMILES string of the molecule is CCc1noc(-c2ccccc2)c1NS(=O)(=O)c1ccccc1. The van der Waals surface area contributed by atoms with Gasteiger partial charge in [0, 0.05) is 5.56 Å². The summed E-state index contributed by atoms with van der Waals surface area (Å²) < 4.78 is 33.1. The molecule has 23 heavy (non-hydrogen) atoms. The van der Waals surface area contributed by atoms with Gasteiger partial charge in [0.15, 0.2) is 5.76 Å². The summed E-state index contributed by atoms with van der Waals surface area (Å²) in [6.07, 6.45) is 0.559. The minimum Gasteiger partial charge on any atom is -0.354 e. The third-order valence-electron chi connectivity index (χ3n) is 3.42. The Morgan fingerprint density at radius 3 is 2.22 bits per heavy atom. The minimum atomic E-state index is -3.70. The second kappa shape index (κ2) is 6.26. The molecule has 5 nitrogen and oxygen atoms in total. The van der Waals surface area contributed by atoms with Gasteiger partial charge in [0.05, 0.1) is 4.90 Å². The maximum atomic E-state index is 12.6. The number of nitrogens with one attached hydrogen (secondary N) is 1. The van der Waals surface area contributed by atoms with Crippen LogP contribution in [0.1, 0.15) is 12.6 Å². The van der Waals surface area contributed by atoms with Crippen molar-refractivity contribution < 1.29 is 12.9 Å². The van der Waals surface area contributed by atoms with Crippen molar-refractivity contribution in [2.75, 3.05) is 4.72 Å². The third kappa shape index (κ3) is 3.12. The standard InChI is InChI=1S/C17H16N2O3S/c1-2-15-16(17(22-18-15)13-9-5-3-6-10-13)19-23(20,21)14-11-7-4-8-12-14/h3-12,19H,2H2,1H3. The van der Waals surface area contributed by atoms with Crippen LogP contribution in [-0.2, 0) is 16.4 Å². The zero-order valence-electron chi connectivity index (χ0n) is 12.6. The van der Waals surface area contributed by atoms with Gasteiger partial charge in [0.25, 0.3) is 10.0 Å². The number of nitrogens with zero attached hydrogens (tertiary/aromatic N) is 1. The first-order valence-electron chi connectivity index (χ1n) is 7.23. The summed E-state index contributed by atoms with van der Waals surface area (Å²) in [6.45, 7) is 1.90. The van der Waals surface area contributed by atoms with Gasteiger partial charge in [-0.3, -0.25) is 4.72 Å². The smallest absolute Gasteiger partial charge is 0.262 e. The summed E-state index contributed by atoms with van der Waals surface area (Å²) in [5.41, 5.74) is 1.73. The molecule has 0 amide bonds. The molecule has 1 aromatic heterocycles. The van der Waals surface area contributed by atoms with Crippen LogP contribution < -0.4 is 4.72 Å². The van der Waals surface area contributed by atoms with Gasteiger partial charge < -0.3 is 4.52 Å². The summed E-state index contributed by atoms with van der Waals surface area (Å²) in [4.78, 5) is 0.197. The second-order valence-corrected chi connectivity index (χ2v) is 6.65. The molecule has 2 aromatic carbocycles. The lowest BCUT2D eigenvalue weighted by Gasteiger charge is -2.09. The molecular formula is C17H16N2O3S. The summed E-state index contributed by atoms with van der Waals surface area (Å²) in [5, 5.41) is 3.99. The number of aryl methyl sites for hydroxylation is 1. The van der Waals surface area contributed by atoms with Crippen molar-refractivity contribution in [3.05, 3.63) is 66.4 Å². The third-order valence-corrected chi connectivity index (χ3v) is 4.79. The molecule has 118 valence electrons. The van der Waals surface area contributed by atoms with Crippen LogP contribution in [-0.4, -0.2) is 13.6 Å². The van der Waals surface area contributed by atoms with Crippen molar-refractivity contribution in [1.29, 1.82) is 0 Å². The van der Waals surface area contributed by atoms with Crippen LogP contribution in [0.3, 0.4) is 0 Å². The molecule has 3 aromatic rings. The monoisotopic (exact) mass is 328 g/mol. The Morgan fingerprint density at radius 1 is 1.00 bits per heavy atom. The van der Waals surface area contributed by atoms with E-state index in [1.807, 2.05) is 37.3 Å². The molecule has 0 atom stereocenters. The van der Waals surface area contributed by atoms with E-state index in [1.165, 1.54) is 0 Å². The van der Waals surface area contributed by atoms with E-state index in [0.29, 0.717) is 23.6 Å². The van der Waals surface area contributed by atoms with Crippen LogP contribution in [0, 0.1) is 0 Å². The first kappa shape index (κ1) is 15.3. The van der Waals surface area contributed by atoms with E-state index < -0.39 is 10.0 Å². The zero-order chi connectivity index (χ0) is 16.3. The molecular weight excluding hydrogens is 312 g/mol. The number of benzene rings is 2. The van der Waals surface area contributed by atoms with Gasteiger partial charge >= 0.3 is 0 Å². The van der Waals surface area contributed by atoms with Crippen molar-refractivity contribution in [2.45, 2.75) is 18.2 Å². The number of sulfonamides is 1. The van der Waals surface area contributed by atoms with E-state index in [9.17, 15) is 8.42 Å². The van der Waals surface area contributed by atoms with Crippen molar-refractivity contribution >= 4 is 15.7 Å². The Labute approximate surface area is 135 Å². The van der Waals surface area contributed by atoms with Crippen LogP contribution in [0.15, 0.2) is 70.1 Å². The first-order chi connectivity index (χ1) is 11.1. The van der Waals surface area contributed by atoms with E-state index in [-0.39, 0.29) is 4.90 Å². The Hall–Kier alpha value is -2.60. The molecule has 6 heteroatoms. The fourth-order valence-corrected chi connectivity index (χ4v) is 3.36. The van der Waals surface area contributed by atoms with E-state index in [4.69, 9.17) is 4.52 Å². The molecule has 0 saturated heterocycles. The molecule has 0 unspecified atom stereocenters. The van der Waals surface area contributed by atoms with E-state index in [0.717, 1.165) is 5.56 Å². The predicted molar refractivity (Wildman–Crippen MR) is 88.6 cm³/mol. The van der Waals surface area contributed by atoms with Gasteiger partial charge in [0.1, 0.15) is 11.4 Å². The number of aromatic nitrogens is 1. The van der Waals surface area contributed by atoms with Crippen LogP contribution in [0.5, 0.6) is 0 Å². The van der Waals surface area contributed by atoms with Gasteiger partial charge in [-0.05, 0) is 18.6 Å². The summed E-state index contributed by atoms with van der Waals surface area (Å²) >= 11 is 0. The Bertz CT molecular complexity index is 888. The molecule has 0 aliphatic heterocycles. The minimum absolute atomic E-state index is 0.197. The lowest BCUT2D eigenvalue weighted by atomic mass is 10.1.